The van der Waals surface area contributed by atoms with Crippen molar-refractivity contribution in [1.29, 1.82) is 0 Å². The van der Waals surface area contributed by atoms with Crippen LogP contribution in [0.2, 0.25) is 0 Å². The van der Waals surface area contributed by atoms with E-state index in [-0.39, 0.29) is 22.9 Å². The molecule has 0 unspecified atom stereocenters. The molecule has 0 heterocycles. The summed E-state index contributed by atoms with van der Waals surface area (Å²) in [6.45, 7) is -0.271. The third-order valence-corrected chi connectivity index (χ3v) is 4.45. The first-order valence-corrected chi connectivity index (χ1v) is 8.38. The summed E-state index contributed by atoms with van der Waals surface area (Å²) in [6, 6.07) is 3.04. The monoisotopic (exact) mass is 296 g/mol. The minimum Gasteiger partial charge on any atom is -0.396 e. The summed E-state index contributed by atoms with van der Waals surface area (Å²) in [5.41, 5.74) is 5.06. The molecule has 18 heavy (non-hydrogen) atoms. The molecule has 0 atom stereocenters. The van der Waals surface area contributed by atoms with E-state index in [9.17, 15) is 21.2 Å². The van der Waals surface area contributed by atoms with Crippen molar-refractivity contribution in [2.24, 2.45) is 0 Å². The van der Waals surface area contributed by atoms with Crippen LogP contribution >= 0.6 is 0 Å². The fourth-order valence-corrected chi connectivity index (χ4v) is 2.77. The zero-order valence-corrected chi connectivity index (χ0v) is 11.2. The van der Waals surface area contributed by atoms with Crippen molar-refractivity contribution in [3.63, 3.8) is 0 Å². The van der Waals surface area contributed by atoms with E-state index in [4.69, 9.17) is 5.73 Å². The van der Waals surface area contributed by atoms with Gasteiger partial charge >= 0.3 is 0 Å². The van der Waals surface area contributed by atoms with Crippen LogP contribution in [0.1, 0.15) is 0 Å². The number of sulfonamides is 1. The minimum absolute atomic E-state index is 0.162. The molecule has 0 saturated carbocycles. The van der Waals surface area contributed by atoms with Crippen LogP contribution in [0.15, 0.2) is 23.1 Å². The zero-order chi connectivity index (χ0) is 14.0. The molecular weight excluding hydrogens is 283 g/mol. The molecule has 6 nitrogen and oxygen atoms in total. The topological polar surface area (TPSA) is 106 Å². The Bertz CT molecular complexity index is 641. The van der Waals surface area contributed by atoms with E-state index in [0.717, 1.165) is 24.5 Å². The Balaban J connectivity index is 2.84. The van der Waals surface area contributed by atoms with Crippen molar-refractivity contribution < 1.29 is 21.2 Å². The smallest absolute Gasteiger partial charge is 0.240 e. The molecule has 1 rings (SSSR count). The van der Waals surface area contributed by atoms with Crippen molar-refractivity contribution in [2.75, 3.05) is 24.3 Å². The normalized spacial score (nSPS) is 12.6. The number of nitrogens with two attached hydrogens (primary N) is 1. The Hall–Kier alpha value is -1.19. The molecule has 0 spiro atoms. The van der Waals surface area contributed by atoms with E-state index < -0.39 is 25.7 Å². The summed E-state index contributed by atoms with van der Waals surface area (Å²) in [5.74, 6) is -1.18. The molecule has 0 aliphatic carbocycles. The first-order chi connectivity index (χ1) is 8.12. The standard InChI is InChI=1S/C9H13FN2O4S2/c1-17(13,14)5-4-12-18(15,16)7-2-3-9(11)8(10)6-7/h2-3,6,12H,4-5,11H2,1H3. The lowest BCUT2D eigenvalue weighted by molar-refractivity contribution is 0.578. The van der Waals surface area contributed by atoms with E-state index >= 15 is 0 Å². The van der Waals surface area contributed by atoms with Gasteiger partial charge in [0.1, 0.15) is 15.7 Å². The van der Waals surface area contributed by atoms with Gasteiger partial charge in [0, 0.05) is 12.8 Å². The maximum atomic E-state index is 13.1. The first kappa shape index (κ1) is 14.9. The fourth-order valence-electron chi connectivity index (χ4n) is 1.12. The number of nitrogens with one attached hydrogen (secondary N) is 1. The van der Waals surface area contributed by atoms with Gasteiger partial charge in [-0.15, -0.1) is 0 Å². The molecule has 0 radical (unpaired) electrons. The van der Waals surface area contributed by atoms with Gasteiger partial charge in [0.15, 0.2) is 0 Å². The molecule has 0 bridgehead atoms. The van der Waals surface area contributed by atoms with Crippen molar-refractivity contribution in [1.82, 2.24) is 4.72 Å². The van der Waals surface area contributed by atoms with Crippen molar-refractivity contribution in [2.45, 2.75) is 4.90 Å². The molecule has 0 fully saturated rings. The molecule has 0 saturated heterocycles. The third-order valence-electron chi connectivity index (χ3n) is 2.05. The second-order valence-corrected chi connectivity index (χ2v) is 7.74. The Morgan fingerprint density at radius 2 is 1.89 bits per heavy atom. The van der Waals surface area contributed by atoms with Crippen LogP contribution < -0.4 is 10.5 Å². The molecule has 0 amide bonds. The first-order valence-electron chi connectivity index (χ1n) is 4.84. The molecule has 0 aliphatic rings. The molecule has 0 aromatic heterocycles. The summed E-state index contributed by atoms with van der Waals surface area (Å²) in [4.78, 5) is -0.303. The number of sulfone groups is 1. The van der Waals surface area contributed by atoms with Gasteiger partial charge in [-0.05, 0) is 18.2 Å². The fraction of sp³-hybridized carbons (Fsp3) is 0.333. The average Bonchev–Trinajstić information content (AvgIpc) is 2.19. The van der Waals surface area contributed by atoms with Crippen LogP contribution in [0.3, 0.4) is 0 Å². The largest absolute Gasteiger partial charge is 0.396 e. The minimum atomic E-state index is -3.93. The van der Waals surface area contributed by atoms with E-state index in [1.54, 1.807) is 0 Å². The van der Waals surface area contributed by atoms with Crippen molar-refractivity contribution in [3.05, 3.63) is 24.0 Å². The van der Waals surface area contributed by atoms with Crippen LogP contribution in [0.5, 0.6) is 0 Å². The number of rotatable bonds is 5. The lowest BCUT2D eigenvalue weighted by atomic mass is 10.3. The SMILES string of the molecule is CS(=O)(=O)CCNS(=O)(=O)c1ccc(N)c(F)c1. The van der Waals surface area contributed by atoms with E-state index in [1.807, 2.05) is 0 Å². The van der Waals surface area contributed by atoms with Gasteiger partial charge in [-0.3, -0.25) is 0 Å². The highest BCUT2D eigenvalue weighted by Gasteiger charge is 2.16. The summed E-state index contributed by atoms with van der Waals surface area (Å²) in [6.07, 6.45) is 0.990. The Labute approximate surface area is 105 Å². The predicted octanol–water partition coefficient (Wildman–Crippen LogP) is -0.269. The van der Waals surface area contributed by atoms with Crippen LogP contribution in [0.25, 0.3) is 0 Å². The van der Waals surface area contributed by atoms with Gasteiger partial charge in [-0.2, -0.15) is 0 Å². The van der Waals surface area contributed by atoms with Crippen molar-refractivity contribution in [3.8, 4) is 0 Å². The number of benzene rings is 1. The number of halogens is 1. The molecule has 1 aromatic carbocycles. The lowest BCUT2D eigenvalue weighted by Crippen LogP contribution is -2.29. The molecular formula is C9H13FN2O4S2. The van der Waals surface area contributed by atoms with Gasteiger partial charge < -0.3 is 5.73 Å². The quantitative estimate of drug-likeness (QED) is 0.728. The van der Waals surface area contributed by atoms with Gasteiger partial charge in [0.05, 0.1) is 16.3 Å². The average molecular weight is 296 g/mol. The molecule has 102 valence electrons. The van der Waals surface area contributed by atoms with Gasteiger partial charge in [-0.1, -0.05) is 0 Å². The lowest BCUT2D eigenvalue weighted by Gasteiger charge is -2.06. The summed E-state index contributed by atoms with van der Waals surface area (Å²) >= 11 is 0. The highest BCUT2D eigenvalue weighted by molar-refractivity contribution is 7.91. The Morgan fingerprint density at radius 1 is 1.28 bits per heavy atom. The number of anilines is 1. The van der Waals surface area contributed by atoms with Crippen LogP contribution in [0, 0.1) is 5.82 Å². The van der Waals surface area contributed by atoms with Gasteiger partial charge in [0.25, 0.3) is 0 Å². The van der Waals surface area contributed by atoms with Crippen molar-refractivity contribution >= 4 is 25.5 Å². The summed E-state index contributed by atoms with van der Waals surface area (Å²) in [7, 11) is -7.20. The molecule has 3 N–H and O–H groups in total. The highest BCUT2D eigenvalue weighted by atomic mass is 32.2. The molecule has 9 heteroatoms. The molecule has 1 aromatic rings. The number of hydrogen-bond donors (Lipinski definition) is 2. The maximum Gasteiger partial charge on any atom is 0.240 e. The number of nitrogen functional groups attached to an aromatic ring is 1. The zero-order valence-electron chi connectivity index (χ0n) is 9.55. The Kier molecular flexibility index (Phi) is 4.30. The van der Waals surface area contributed by atoms with Gasteiger partial charge in [-0.25, -0.2) is 25.9 Å². The van der Waals surface area contributed by atoms with Gasteiger partial charge in [0.2, 0.25) is 10.0 Å². The summed E-state index contributed by atoms with van der Waals surface area (Å²) in [5, 5.41) is 0. The molecule has 0 aliphatic heterocycles. The van der Waals surface area contributed by atoms with Crippen LogP contribution in [0.4, 0.5) is 10.1 Å². The van der Waals surface area contributed by atoms with E-state index in [0.29, 0.717) is 0 Å². The van der Waals surface area contributed by atoms with E-state index in [2.05, 4.69) is 4.72 Å². The maximum absolute atomic E-state index is 13.1. The second-order valence-electron chi connectivity index (χ2n) is 3.71. The Morgan fingerprint density at radius 3 is 2.39 bits per heavy atom. The van der Waals surface area contributed by atoms with E-state index in [1.165, 1.54) is 0 Å². The van der Waals surface area contributed by atoms with Crippen LogP contribution in [-0.2, 0) is 19.9 Å². The second kappa shape index (κ2) is 5.21. The van der Waals surface area contributed by atoms with Crippen LogP contribution in [-0.4, -0.2) is 35.4 Å². The summed E-state index contributed by atoms with van der Waals surface area (Å²) < 4.78 is 60.2. The predicted molar refractivity (Wildman–Crippen MR) is 65.7 cm³/mol. The highest BCUT2D eigenvalue weighted by Crippen LogP contribution is 2.15. The number of hydrogen-bond acceptors (Lipinski definition) is 5. The third kappa shape index (κ3) is 4.24.